The van der Waals surface area contributed by atoms with Crippen LogP contribution in [-0.2, 0) is 22.3 Å². The van der Waals surface area contributed by atoms with E-state index in [1.807, 2.05) is 0 Å². The van der Waals surface area contributed by atoms with E-state index in [2.05, 4.69) is 0 Å². The Balaban J connectivity index is 2.07. The molecule has 0 saturated carbocycles. The minimum absolute atomic E-state index is 0.0407. The zero-order valence-corrected chi connectivity index (χ0v) is 16.8. The van der Waals surface area contributed by atoms with Crippen LogP contribution in [0.3, 0.4) is 0 Å². The van der Waals surface area contributed by atoms with E-state index in [0.29, 0.717) is 0 Å². The van der Waals surface area contributed by atoms with Crippen LogP contribution in [0.2, 0.25) is 0 Å². The molecular formula is C22H19F3O7. The van der Waals surface area contributed by atoms with E-state index in [0.717, 1.165) is 18.2 Å². The van der Waals surface area contributed by atoms with Crippen LogP contribution in [0.4, 0.5) is 13.2 Å². The van der Waals surface area contributed by atoms with E-state index in [9.17, 15) is 33.0 Å². The number of aliphatic hydroxyl groups is 1. The highest BCUT2D eigenvalue weighted by atomic mass is 19.4. The largest absolute Gasteiger partial charge is 0.502 e. The molecule has 0 aliphatic rings. The van der Waals surface area contributed by atoms with Crippen molar-refractivity contribution in [3.05, 3.63) is 75.5 Å². The highest BCUT2D eigenvalue weighted by Gasteiger charge is 2.32. The Morgan fingerprint density at radius 3 is 2.56 bits per heavy atom. The van der Waals surface area contributed by atoms with Gasteiger partial charge in [0.05, 0.1) is 24.5 Å². The molecule has 2 heterocycles. The molecule has 0 bridgehead atoms. The van der Waals surface area contributed by atoms with Gasteiger partial charge in [-0.15, -0.1) is 0 Å². The molecular weight excluding hydrogens is 433 g/mol. The van der Waals surface area contributed by atoms with Crippen LogP contribution in [0.15, 0.2) is 56.1 Å². The molecule has 0 saturated heterocycles. The summed E-state index contributed by atoms with van der Waals surface area (Å²) >= 11 is 0. The molecule has 32 heavy (non-hydrogen) atoms. The number of hydrogen-bond donors (Lipinski definition) is 2. The zero-order chi connectivity index (χ0) is 23.5. The summed E-state index contributed by atoms with van der Waals surface area (Å²) in [4.78, 5) is 24.2. The summed E-state index contributed by atoms with van der Waals surface area (Å²) in [5, 5.41) is 19.6. The van der Waals surface area contributed by atoms with Crippen molar-refractivity contribution in [2.45, 2.75) is 32.0 Å². The summed E-state index contributed by atoms with van der Waals surface area (Å²) in [6.07, 6.45) is -4.94. The molecule has 0 unspecified atom stereocenters. The lowest BCUT2D eigenvalue weighted by Gasteiger charge is -2.15. The molecule has 1 aromatic carbocycles. The molecule has 0 amide bonds. The summed E-state index contributed by atoms with van der Waals surface area (Å²) in [6.45, 7) is 1.03. The maximum Gasteiger partial charge on any atom is 0.416 e. The Morgan fingerprint density at radius 2 is 1.91 bits per heavy atom. The van der Waals surface area contributed by atoms with E-state index >= 15 is 0 Å². The predicted molar refractivity (Wildman–Crippen MR) is 105 cm³/mol. The number of ether oxygens (including phenoxy) is 1. The second-order valence-corrected chi connectivity index (χ2v) is 6.79. The van der Waals surface area contributed by atoms with E-state index in [1.165, 1.54) is 24.3 Å². The molecule has 2 N–H and O–H groups in total. The average molecular weight is 452 g/mol. The summed E-state index contributed by atoms with van der Waals surface area (Å²) in [6, 6.07) is 8.17. The lowest BCUT2D eigenvalue weighted by atomic mass is 9.98. The molecule has 3 rings (SSSR count). The number of halogens is 3. The fourth-order valence-electron chi connectivity index (χ4n) is 3.12. The molecule has 10 heteroatoms. The van der Waals surface area contributed by atoms with E-state index in [-0.39, 0.29) is 35.2 Å². The smallest absolute Gasteiger partial charge is 0.416 e. The summed E-state index contributed by atoms with van der Waals surface area (Å²) < 4.78 is 55.1. The third-order valence-corrected chi connectivity index (χ3v) is 4.59. The first kappa shape index (κ1) is 23.1. The van der Waals surface area contributed by atoms with E-state index in [4.69, 9.17) is 13.6 Å². The zero-order valence-electron chi connectivity index (χ0n) is 16.8. The van der Waals surface area contributed by atoms with Crippen molar-refractivity contribution in [3.8, 4) is 17.1 Å². The quantitative estimate of drug-likeness (QED) is 0.517. The van der Waals surface area contributed by atoms with Crippen LogP contribution in [0.5, 0.6) is 5.75 Å². The Morgan fingerprint density at radius 1 is 1.16 bits per heavy atom. The molecule has 0 spiro atoms. The van der Waals surface area contributed by atoms with Gasteiger partial charge in [-0.3, -0.25) is 9.59 Å². The lowest BCUT2D eigenvalue weighted by molar-refractivity contribution is -0.143. The standard InChI is InChI=1S/C22H19F3O7/c1-2-30-19(28)10-15(21-20(29)16(27)9-14(11-26)31-21)18-7-6-17(32-18)12-4-3-5-13(8-12)22(23,24)25/h3-9,15,26,29H,2,10-11H2,1H3/t15-/m0/s1. The van der Waals surface area contributed by atoms with Crippen molar-refractivity contribution in [1.82, 2.24) is 0 Å². The molecule has 2 aromatic heterocycles. The fraction of sp³-hybridized carbons (Fsp3) is 0.273. The van der Waals surface area contributed by atoms with Crippen LogP contribution < -0.4 is 5.43 Å². The van der Waals surface area contributed by atoms with Gasteiger partial charge in [0.1, 0.15) is 23.9 Å². The molecule has 1 atom stereocenters. The first-order valence-corrected chi connectivity index (χ1v) is 9.53. The summed E-state index contributed by atoms with van der Waals surface area (Å²) in [7, 11) is 0. The van der Waals surface area contributed by atoms with Crippen LogP contribution >= 0.6 is 0 Å². The molecule has 3 aromatic rings. The van der Waals surface area contributed by atoms with Gasteiger partial charge in [0.2, 0.25) is 11.2 Å². The summed E-state index contributed by atoms with van der Waals surface area (Å²) in [5.74, 6) is -2.98. The van der Waals surface area contributed by atoms with E-state index in [1.54, 1.807) is 6.92 Å². The van der Waals surface area contributed by atoms with Gasteiger partial charge >= 0.3 is 12.1 Å². The van der Waals surface area contributed by atoms with Crippen molar-refractivity contribution in [2.24, 2.45) is 0 Å². The van der Waals surface area contributed by atoms with Crippen molar-refractivity contribution < 1.29 is 41.8 Å². The monoisotopic (exact) mass is 452 g/mol. The minimum atomic E-state index is -4.54. The number of alkyl halides is 3. The fourth-order valence-corrected chi connectivity index (χ4v) is 3.12. The second-order valence-electron chi connectivity index (χ2n) is 6.79. The second kappa shape index (κ2) is 9.31. The van der Waals surface area contributed by atoms with Crippen LogP contribution in [0.25, 0.3) is 11.3 Å². The maximum atomic E-state index is 13.0. The molecule has 0 radical (unpaired) electrons. The number of benzene rings is 1. The average Bonchev–Trinajstić information content (AvgIpc) is 3.24. The first-order chi connectivity index (χ1) is 15.1. The number of esters is 1. The molecule has 0 aliphatic carbocycles. The van der Waals surface area contributed by atoms with Crippen LogP contribution in [0.1, 0.15) is 42.1 Å². The van der Waals surface area contributed by atoms with Gasteiger partial charge in [-0.05, 0) is 31.2 Å². The van der Waals surface area contributed by atoms with Crippen LogP contribution in [0, 0.1) is 0 Å². The van der Waals surface area contributed by atoms with Gasteiger partial charge in [0.25, 0.3) is 0 Å². The Bertz CT molecular complexity index is 1160. The predicted octanol–water partition coefficient (Wildman–Crippen LogP) is 4.20. The number of aromatic hydroxyl groups is 1. The normalized spacial score (nSPS) is 12.5. The number of rotatable bonds is 7. The number of furan rings is 1. The molecule has 170 valence electrons. The number of carbonyl (C=O) groups excluding carboxylic acids is 1. The van der Waals surface area contributed by atoms with Gasteiger partial charge in [-0.2, -0.15) is 13.2 Å². The Hall–Kier alpha value is -3.53. The molecule has 0 aliphatic heterocycles. The molecule has 0 fully saturated rings. The van der Waals surface area contributed by atoms with Crippen molar-refractivity contribution >= 4 is 5.97 Å². The van der Waals surface area contributed by atoms with Gasteiger partial charge in [-0.25, -0.2) is 0 Å². The first-order valence-electron chi connectivity index (χ1n) is 9.53. The van der Waals surface area contributed by atoms with Gasteiger partial charge in [0, 0.05) is 11.6 Å². The van der Waals surface area contributed by atoms with Gasteiger partial charge < -0.3 is 23.8 Å². The number of hydrogen-bond acceptors (Lipinski definition) is 7. The van der Waals surface area contributed by atoms with E-state index < -0.39 is 47.8 Å². The minimum Gasteiger partial charge on any atom is -0.502 e. The topological polar surface area (TPSA) is 110 Å². The van der Waals surface area contributed by atoms with Crippen molar-refractivity contribution in [1.29, 1.82) is 0 Å². The lowest BCUT2D eigenvalue weighted by Crippen LogP contribution is -2.14. The highest BCUT2D eigenvalue weighted by molar-refractivity contribution is 5.71. The van der Waals surface area contributed by atoms with Crippen molar-refractivity contribution in [3.63, 3.8) is 0 Å². The maximum absolute atomic E-state index is 13.0. The Labute approximate surface area is 179 Å². The summed E-state index contributed by atoms with van der Waals surface area (Å²) in [5.41, 5.74) is -1.57. The third kappa shape index (κ3) is 5.02. The van der Waals surface area contributed by atoms with Gasteiger partial charge in [0.15, 0.2) is 5.76 Å². The van der Waals surface area contributed by atoms with Crippen molar-refractivity contribution in [2.75, 3.05) is 6.61 Å². The Kier molecular flexibility index (Phi) is 6.73. The highest BCUT2D eigenvalue weighted by Crippen LogP contribution is 2.37. The number of carbonyl (C=O) groups is 1. The SMILES string of the molecule is CCOC(=O)C[C@@H](c1ccc(-c2cccc(C(F)(F)F)c2)o1)c1oc(CO)cc(=O)c1O. The third-order valence-electron chi connectivity index (χ3n) is 4.59. The van der Waals surface area contributed by atoms with Crippen LogP contribution in [-0.4, -0.2) is 22.8 Å². The molecule has 7 nitrogen and oxygen atoms in total. The number of aliphatic hydroxyl groups excluding tert-OH is 1. The van der Waals surface area contributed by atoms with Gasteiger partial charge in [-0.1, -0.05) is 12.1 Å².